The van der Waals surface area contributed by atoms with Crippen molar-refractivity contribution < 1.29 is 43.4 Å². The summed E-state index contributed by atoms with van der Waals surface area (Å²) in [6.45, 7) is 1.42. The third-order valence-corrected chi connectivity index (χ3v) is 1.69. The zero-order chi connectivity index (χ0) is 7.52. The normalized spacial score (nSPS) is 14.9. The largest absolute Gasteiger partial charge is 2.00 e. The van der Waals surface area contributed by atoms with Gasteiger partial charge in [-0.2, -0.15) is 0 Å². The van der Waals surface area contributed by atoms with Crippen LogP contribution in [0.1, 0.15) is 11.9 Å². The first-order valence-electron chi connectivity index (χ1n) is 3.75. The van der Waals surface area contributed by atoms with Gasteiger partial charge in [0, 0.05) is 5.56 Å². The molecule has 1 aromatic rings. The molecule has 0 aliphatic carbocycles. The Morgan fingerprint density at radius 2 is 1.43 bits per heavy atom. The molecule has 0 unspecified atom stereocenters. The second kappa shape index (κ2) is 9.12. The third-order valence-electron chi connectivity index (χ3n) is 1.69. The molecule has 0 atom stereocenters. The minimum atomic E-state index is -0.129. The summed E-state index contributed by atoms with van der Waals surface area (Å²) in [4.78, 5) is 0. The molecule has 0 N–H and O–H groups in total. The molecule has 14 heavy (non-hydrogen) atoms. The van der Waals surface area contributed by atoms with Gasteiger partial charge in [-0.3, -0.25) is 0 Å². The van der Waals surface area contributed by atoms with E-state index in [1.165, 1.54) is 0 Å². The van der Waals surface area contributed by atoms with Crippen molar-refractivity contribution in [2.45, 2.75) is 6.29 Å². The van der Waals surface area contributed by atoms with Crippen LogP contribution >= 0.6 is 0 Å². The molecule has 1 aliphatic heterocycles. The predicted octanol–water partition coefficient (Wildman–Crippen LogP) is -4.64. The van der Waals surface area contributed by atoms with Crippen molar-refractivity contribution in [3.8, 4) is 0 Å². The molecule has 1 aliphatic rings. The third kappa shape index (κ3) is 4.59. The van der Waals surface area contributed by atoms with Crippen LogP contribution in [0, 0.1) is 0 Å². The Hall–Kier alpha value is 0.866. The average molecular weight is 334 g/mol. The predicted molar refractivity (Wildman–Crippen MR) is 46.8 cm³/mol. The molecular formula is C9H10Br2MgO2. The number of benzene rings is 1. The van der Waals surface area contributed by atoms with Crippen molar-refractivity contribution in [2.24, 2.45) is 0 Å². The first kappa shape index (κ1) is 17.3. The Labute approximate surface area is 121 Å². The van der Waals surface area contributed by atoms with Gasteiger partial charge in [-0.05, 0) is 0 Å². The second-order valence-electron chi connectivity index (χ2n) is 2.48. The zero-order valence-corrected chi connectivity index (χ0v) is 12.2. The molecule has 2 rings (SSSR count). The Morgan fingerprint density at radius 1 is 0.929 bits per heavy atom. The van der Waals surface area contributed by atoms with Gasteiger partial charge in [-0.1, -0.05) is 30.3 Å². The van der Waals surface area contributed by atoms with E-state index in [4.69, 9.17) is 9.47 Å². The molecule has 0 amide bonds. The summed E-state index contributed by atoms with van der Waals surface area (Å²) in [5.41, 5.74) is 1.10. The van der Waals surface area contributed by atoms with Gasteiger partial charge in [0.2, 0.25) is 0 Å². The van der Waals surface area contributed by atoms with Gasteiger partial charge >= 0.3 is 23.1 Å². The Kier molecular flexibility index (Phi) is 11.2. The minimum Gasteiger partial charge on any atom is -1.00 e. The van der Waals surface area contributed by atoms with E-state index in [2.05, 4.69) is 0 Å². The fourth-order valence-corrected chi connectivity index (χ4v) is 1.16. The van der Waals surface area contributed by atoms with E-state index < -0.39 is 0 Å². The van der Waals surface area contributed by atoms with E-state index in [-0.39, 0.29) is 63.3 Å². The van der Waals surface area contributed by atoms with Gasteiger partial charge in [0.15, 0.2) is 6.29 Å². The first-order chi connectivity index (χ1) is 5.47. The molecule has 5 heteroatoms. The number of halogens is 2. The van der Waals surface area contributed by atoms with Crippen LogP contribution in [0.2, 0.25) is 0 Å². The number of hydrogen-bond donors (Lipinski definition) is 0. The van der Waals surface area contributed by atoms with Gasteiger partial charge in [-0.15, -0.1) is 0 Å². The van der Waals surface area contributed by atoms with E-state index in [1.54, 1.807) is 0 Å². The van der Waals surface area contributed by atoms with E-state index in [0.717, 1.165) is 5.56 Å². The van der Waals surface area contributed by atoms with Crippen LogP contribution in [0.5, 0.6) is 0 Å². The molecule has 1 aromatic carbocycles. The summed E-state index contributed by atoms with van der Waals surface area (Å²) < 4.78 is 10.6. The van der Waals surface area contributed by atoms with Crippen LogP contribution in [0.4, 0.5) is 0 Å². The van der Waals surface area contributed by atoms with E-state index >= 15 is 0 Å². The zero-order valence-electron chi connectivity index (χ0n) is 7.66. The van der Waals surface area contributed by atoms with Crippen molar-refractivity contribution in [1.29, 1.82) is 0 Å². The maximum atomic E-state index is 5.32. The molecule has 1 fully saturated rings. The molecule has 0 saturated carbocycles. The molecular weight excluding hydrogens is 324 g/mol. The molecule has 1 heterocycles. The van der Waals surface area contributed by atoms with Gasteiger partial charge in [-0.25, -0.2) is 0 Å². The van der Waals surface area contributed by atoms with E-state index in [1.807, 2.05) is 30.3 Å². The van der Waals surface area contributed by atoms with Crippen molar-refractivity contribution in [2.75, 3.05) is 13.2 Å². The molecule has 0 bridgehead atoms. The minimum absolute atomic E-state index is 0. The number of hydrogen-bond acceptors (Lipinski definition) is 2. The smallest absolute Gasteiger partial charge is 1.00 e. The molecule has 1 saturated heterocycles. The SMILES string of the molecule is [Br-].[Br-].[Mg+2].c1ccc(C2OCCO2)cc1. The molecule has 0 radical (unpaired) electrons. The maximum absolute atomic E-state index is 5.32. The molecule has 74 valence electrons. The number of rotatable bonds is 1. The van der Waals surface area contributed by atoms with Crippen LogP contribution in [0.15, 0.2) is 30.3 Å². The average Bonchev–Trinajstić information content (AvgIpc) is 2.58. The van der Waals surface area contributed by atoms with Crippen molar-refractivity contribution >= 4 is 23.1 Å². The standard InChI is InChI=1S/C9H10O2.2BrH.Mg/c1-2-4-8(5-3-1)9-10-6-7-11-9;;;/h1-5,9H,6-7H2;2*1H;/q;;;+2/p-2. The summed E-state index contributed by atoms with van der Waals surface area (Å²) in [5.74, 6) is 0. The van der Waals surface area contributed by atoms with Gasteiger partial charge < -0.3 is 43.4 Å². The van der Waals surface area contributed by atoms with Crippen LogP contribution < -0.4 is 34.0 Å². The van der Waals surface area contributed by atoms with Gasteiger partial charge in [0.05, 0.1) is 13.2 Å². The molecule has 0 spiro atoms. The van der Waals surface area contributed by atoms with Crippen molar-refractivity contribution in [1.82, 2.24) is 0 Å². The monoisotopic (exact) mass is 332 g/mol. The Morgan fingerprint density at radius 3 is 1.93 bits per heavy atom. The van der Waals surface area contributed by atoms with Crippen molar-refractivity contribution in [3.63, 3.8) is 0 Å². The van der Waals surface area contributed by atoms with Crippen LogP contribution in [0.3, 0.4) is 0 Å². The molecule has 2 nitrogen and oxygen atoms in total. The van der Waals surface area contributed by atoms with Crippen LogP contribution in [0.25, 0.3) is 0 Å². The first-order valence-corrected chi connectivity index (χ1v) is 3.75. The quantitative estimate of drug-likeness (QED) is 0.481. The number of ether oxygens (including phenoxy) is 2. The van der Waals surface area contributed by atoms with Gasteiger partial charge in [0.1, 0.15) is 0 Å². The van der Waals surface area contributed by atoms with E-state index in [9.17, 15) is 0 Å². The fraction of sp³-hybridized carbons (Fsp3) is 0.333. The summed E-state index contributed by atoms with van der Waals surface area (Å²) in [6, 6.07) is 9.98. The topological polar surface area (TPSA) is 18.5 Å². The van der Waals surface area contributed by atoms with E-state index in [0.29, 0.717) is 13.2 Å². The van der Waals surface area contributed by atoms with Crippen LogP contribution in [-0.4, -0.2) is 36.3 Å². The van der Waals surface area contributed by atoms with Crippen molar-refractivity contribution in [3.05, 3.63) is 35.9 Å². The summed E-state index contributed by atoms with van der Waals surface area (Å²) in [7, 11) is 0. The second-order valence-corrected chi connectivity index (χ2v) is 2.48. The Balaban J connectivity index is 0. The fourth-order valence-electron chi connectivity index (χ4n) is 1.16. The summed E-state index contributed by atoms with van der Waals surface area (Å²) in [5, 5.41) is 0. The van der Waals surface area contributed by atoms with Crippen LogP contribution in [-0.2, 0) is 9.47 Å². The summed E-state index contributed by atoms with van der Waals surface area (Å²) >= 11 is 0. The van der Waals surface area contributed by atoms with Gasteiger partial charge in [0.25, 0.3) is 0 Å². The Bertz CT molecular complexity index is 228. The summed E-state index contributed by atoms with van der Waals surface area (Å²) in [6.07, 6.45) is -0.129. The maximum Gasteiger partial charge on any atom is 2.00 e. The molecule has 0 aromatic heterocycles.